The first-order chi connectivity index (χ1) is 7.78. The quantitative estimate of drug-likeness (QED) is 0.685. The monoisotopic (exact) mass is 300 g/mol. The topological polar surface area (TPSA) is 65.2 Å². The van der Waals surface area contributed by atoms with E-state index in [-0.39, 0.29) is 0 Å². The van der Waals surface area contributed by atoms with E-state index in [1.54, 1.807) is 0 Å². The van der Waals surface area contributed by atoms with Gasteiger partial charge in [0, 0.05) is 12.1 Å². The average molecular weight is 301 g/mol. The molecule has 5 heteroatoms. The Bertz CT molecular complexity index is 402. The molecule has 0 bridgehead atoms. The van der Waals surface area contributed by atoms with E-state index in [1.807, 2.05) is 39.0 Å². The van der Waals surface area contributed by atoms with Crippen LogP contribution in [0.25, 0.3) is 0 Å². The highest BCUT2D eigenvalue weighted by atomic mass is 79.9. The molecule has 0 saturated heterocycles. The minimum atomic E-state index is -0.684. The number of halogens is 1. The molecule has 0 radical (unpaired) electrons. The summed E-state index contributed by atoms with van der Waals surface area (Å²) in [5.74, 6) is -0.403. The number of esters is 1. The van der Waals surface area contributed by atoms with Crippen molar-refractivity contribution < 1.29 is 9.53 Å². The Hall–Kier alpha value is -0.940. The third-order valence-electron chi connectivity index (χ3n) is 1.91. The summed E-state index contributed by atoms with van der Waals surface area (Å²) in [5, 5.41) is 0. The first-order valence-corrected chi connectivity index (χ1v) is 6.17. The third kappa shape index (κ3) is 5.28. The summed E-state index contributed by atoms with van der Waals surface area (Å²) in [6.45, 7) is 5.44. The van der Waals surface area contributed by atoms with Gasteiger partial charge in [0.15, 0.2) is 0 Å². The van der Waals surface area contributed by atoms with E-state index in [2.05, 4.69) is 20.9 Å². The largest absolute Gasteiger partial charge is 0.459 e. The number of hydrogen-bond donors (Lipinski definition) is 1. The molecule has 0 spiro atoms. The van der Waals surface area contributed by atoms with Crippen molar-refractivity contribution in [1.29, 1.82) is 0 Å². The first-order valence-electron chi connectivity index (χ1n) is 5.38. The highest BCUT2D eigenvalue weighted by molar-refractivity contribution is 9.10. The second kappa shape index (κ2) is 5.60. The maximum absolute atomic E-state index is 11.7. The third-order valence-corrected chi connectivity index (χ3v) is 2.35. The number of carbonyl (C=O) groups excluding carboxylic acids is 1. The second-order valence-electron chi connectivity index (χ2n) is 4.80. The molecule has 0 aromatic carbocycles. The molecule has 94 valence electrons. The first kappa shape index (κ1) is 14.1. The Morgan fingerprint density at radius 3 is 2.71 bits per heavy atom. The summed E-state index contributed by atoms with van der Waals surface area (Å²) in [6, 6.07) is 4.82. The van der Waals surface area contributed by atoms with Crippen molar-refractivity contribution in [3.8, 4) is 0 Å². The molecule has 1 aromatic rings. The Morgan fingerprint density at radius 2 is 2.18 bits per heavy atom. The number of carbonyl (C=O) groups is 1. The average Bonchev–Trinajstić information content (AvgIpc) is 2.14. The van der Waals surface area contributed by atoms with Crippen LogP contribution in [-0.2, 0) is 16.0 Å². The predicted molar refractivity (Wildman–Crippen MR) is 69.5 cm³/mol. The summed E-state index contributed by atoms with van der Waals surface area (Å²) < 4.78 is 5.93. The summed E-state index contributed by atoms with van der Waals surface area (Å²) >= 11 is 3.27. The lowest BCUT2D eigenvalue weighted by Crippen LogP contribution is -2.39. The summed E-state index contributed by atoms with van der Waals surface area (Å²) in [6.07, 6.45) is 0.369. The SMILES string of the molecule is CC(C)(C)OC(=O)C(N)Cc1cccc(Br)n1. The van der Waals surface area contributed by atoms with Gasteiger partial charge in [0.05, 0.1) is 0 Å². The zero-order valence-corrected chi connectivity index (χ0v) is 11.8. The number of nitrogens with two attached hydrogens (primary N) is 1. The lowest BCUT2D eigenvalue weighted by atomic mass is 10.1. The Labute approximate surface area is 110 Å². The van der Waals surface area contributed by atoms with Gasteiger partial charge >= 0.3 is 5.97 Å². The second-order valence-corrected chi connectivity index (χ2v) is 5.61. The van der Waals surface area contributed by atoms with Crippen LogP contribution in [0.5, 0.6) is 0 Å². The van der Waals surface area contributed by atoms with Gasteiger partial charge in [0.1, 0.15) is 16.2 Å². The van der Waals surface area contributed by atoms with Gasteiger partial charge in [-0.3, -0.25) is 4.79 Å². The molecule has 1 heterocycles. The van der Waals surface area contributed by atoms with Gasteiger partial charge in [0.25, 0.3) is 0 Å². The van der Waals surface area contributed by atoms with E-state index in [9.17, 15) is 4.79 Å². The van der Waals surface area contributed by atoms with Crippen LogP contribution in [0.2, 0.25) is 0 Å². The standard InChI is InChI=1S/C12H17BrN2O2/c1-12(2,3)17-11(16)9(14)7-8-5-4-6-10(13)15-8/h4-6,9H,7,14H2,1-3H3. The van der Waals surface area contributed by atoms with Crippen LogP contribution in [0.4, 0.5) is 0 Å². The maximum atomic E-state index is 11.7. The molecule has 1 aromatic heterocycles. The molecule has 2 N–H and O–H groups in total. The van der Waals surface area contributed by atoms with Crippen LogP contribution in [0, 0.1) is 0 Å². The fraction of sp³-hybridized carbons (Fsp3) is 0.500. The summed E-state index contributed by atoms with van der Waals surface area (Å²) in [5.41, 5.74) is 6.02. The Kier molecular flexibility index (Phi) is 4.65. The molecule has 0 aliphatic rings. The lowest BCUT2D eigenvalue weighted by Gasteiger charge is -2.22. The lowest BCUT2D eigenvalue weighted by molar-refractivity contribution is -0.156. The zero-order valence-electron chi connectivity index (χ0n) is 10.2. The molecule has 1 unspecified atom stereocenters. The van der Waals surface area contributed by atoms with Gasteiger partial charge in [0.2, 0.25) is 0 Å². The van der Waals surface area contributed by atoms with Gasteiger partial charge in [-0.15, -0.1) is 0 Å². The van der Waals surface area contributed by atoms with E-state index in [4.69, 9.17) is 10.5 Å². The smallest absolute Gasteiger partial charge is 0.323 e. The van der Waals surface area contributed by atoms with Crippen LogP contribution in [0.1, 0.15) is 26.5 Å². The molecule has 0 amide bonds. The molecule has 0 saturated carbocycles. The molecule has 1 rings (SSSR count). The molecule has 0 aliphatic heterocycles. The van der Waals surface area contributed by atoms with Gasteiger partial charge < -0.3 is 10.5 Å². The van der Waals surface area contributed by atoms with Crippen LogP contribution < -0.4 is 5.73 Å². The number of aromatic nitrogens is 1. The van der Waals surface area contributed by atoms with Crippen molar-refractivity contribution in [2.75, 3.05) is 0 Å². The molecule has 17 heavy (non-hydrogen) atoms. The Morgan fingerprint density at radius 1 is 1.53 bits per heavy atom. The molecular formula is C12H17BrN2O2. The normalized spacial score (nSPS) is 13.2. The Balaban J connectivity index is 2.60. The van der Waals surface area contributed by atoms with E-state index in [0.29, 0.717) is 6.42 Å². The highest BCUT2D eigenvalue weighted by Crippen LogP contribution is 2.11. The highest BCUT2D eigenvalue weighted by Gasteiger charge is 2.22. The van der Waals surface area contributed by atoms with E-state index in [1.165, 1.54) is 0 Å². The number of rotatable bonds is 3. The van der Waals surface area contributed by atoms with E-state index in [0.717, 1.165) is 10.3 Å². The van der Waals surface area contributed by atoms with Gasteiger partial charge in [-0.1, -0.05) is 6.07 Å². The van der Waals surface area contributed by atoms with E-state index >= 15 is 0 Å². The van der Waals surface area contributed by atoms with Crippen LogP contribution in [0.15, 0.2) is 22.8 Å². The van der Waals surface area contributed by atoms with Crippen LogP contribution >= 0.6 is 15.9 Å². The number of hydrogen-bond acceptors (Lipinski definition) is 4. The van der Waals surface area contributed by atoms with Crippen molar-refractivity contribution in [2.24, 2.45) is 5.73 Å². The number of pyridine rings is 1. The van der Waals surface area contributed by atoms with Gasteiger partial charge in [-0.05, 0) is 48.8 Å². The van der Waals surface area contributed by atoms with Crippen molar-refractivity contribution >= 4 is 21.9 Å². The maximum Gasteiger partial charge on any atom is 0.323 e. The van der Waals surface area contributed by atoms with E-state index < -0.39 is 17.6 Å². The van der Waals surface area contributed by atoms with Crippen LogP contribution in [-0.4, -0.2) is 22.6 Å². The van der Waals surface area contributed by atoms with Crippen LogP contribution in [0.3, 0.4) is 0 Å². The minimum absolute atomic E-state index is 0.369. The number of nitrogens with zero attached hydrogens (tertiary/aromatic N) is 1. The van der Waals surface area contributed by atoms with Gasteiger partial charge in [-0.25, -0.2) is 4.98 Å². The molecule has 0 aliphatic carbocycles. The molecule has 0 fully saturated rings. The fourth-order valence-electron chi connectivity index (χ4n) is 1.25. The zero-order chi connectivity index (χ0) is 13.1. The summed E-state index contributed by atoms with van der Waals surface area (Å²) in [4.78, 5) is 15.9. The van der Waals surface area contributed by atoms with Crippen molar-refractivity contribution in [3.05, 3.63) is 28.5 Å². The molecule has 4 nitrogen and oxygen atoms in total. The molecule has 1 atom stereocenters. The minimum Gasteiger partial charge on any atom is -0.459 e. The summed E-state index contributed by atoms with van der Waals surface area (Å²) in [7, 11) is 0. The molecular weight excluding hydrogens is 284 g/mol. The van der Waals surface area contributed by atoms with Crippen molar-refractivity contribution in [3.63, 3.8) is 0 Å². The van der Waals surface area contributed by atoms with Gasteiger partial charge in [-0.2, -0.15) is 0 Å². The number of ether oxygens (including phenoxy) is 1. The van der Waals surface area contributed by atoms with Crippen molar-refractivity contribution in [1.82, 2.24) is 4.98 Å². The predicted octanol–water partition coefficient (Wildman–Crippen LogP) is 2.06. The fourth-order valence-corrected chi connectivity index (χ4v) is 1.63. The van der Waals surface area contributed by atoms with Crippen molar-refractivity contribution in [2.45, 2.75) is 38.8 Å².